The van der Waals surface area contributed by atoms with Gasteiger partial charge in [0.2, 0.25) is 0 Å². The maximum absolute atomic E-state index is 5.97. The third-order valence-electron chi connectivity index (χ3n) is 3.05. The minimum absolute atomic E-state index is 0.271. The Labute approximate surface area is 89.4 Å². The summed E-state index contributed by atoms with van der Waals surface area (Å²) < 4.78 is 11.4. The summed E-state index contributed by atoms with van der Waals surface area (Å²) in [5, 5.41) is 3.48. The Morgan fingerprint density at radius 2 is 2.33 bits per heavy atom. The van der Waals surface area contributed by atoms with E-state index in [1.54, 1.807) is 0 Å². The molecule has 3 heteroatoms. The van der Waals surface area contributed by atoms with Gasteiger partial charge < -0.3 is 14.8 Å². The molecule has 1 aromatic rings. The van der Waals surface area contributed by atoms with Gasteiger partial charge in [-0.05, 0) is 24.6 Å². The second-order valence-electron chi connectivity index (χ2n) is 4.27. The van der Waals surface area contributed by atoms with E-state index < -0.39 is 0 Å². The number of aryl methyl sites for hydroxylation is 1. The van der Waals surface area contributed by atoms with Gasteiger partial charge in [-0.1, -0.05) is 6.07 Å². The molecule has 0 amide bonds. The summed E-state index contributed by atoms with van der Waals surface area (Å²) in [5.41, 5.74) is 2.33. The highest BCUT2D eigenvalue weighted by atomic mass is 16.5. The Bertz CT molecular complexity index is 378. The lowest BCUT2D eigenvalue weighted by molar-refractivity contribution is 0.00989. The van der Waals surface area contributed by atoms with Crippen molar-refractivity contribution < 1.29 is 9.47 Å². The average molecular weight is 205 g/mol. The number of rotatable bonds is 0. The topological polar surface area (TPSA) is 30.5 Å². The molecule has 2 aliphatic rings. The molecule has 0 spiro atoms. The fraction of sp³-hybridized carbons (Fsp3) is 0.500. The van der Waals surface area contributed by atoms with Crippen LogP contribution < -0.4 is 10.1 Å². The van der Waals surface area contributed by atoms with Crippen LogP contribution in [-0.4, -0.2) is 25.4 Å². The highest BCUT2D eigenvalue weighted by molar-refractivity contribution is 5.60. The standard InChI is InChI=1S/C12H15NO2/c1-8-2-3-9-12(6-8)15-11-4-5-14-7-10(11)13-9/h2-3,6,10-11,13H,4-5,7H2,1H3. The first-order valence-electron chi connectivity index (χ1n) is 5.44. The fourth-order valence-electron chi connectivity index (χ4n) is 2.20. The van der Waals surface area contributed by atoms with Crippen LogP contribution in [0, 0.1) is 6.92 Å². The highest BCUT2D eigenvalue weighted by Crippen LogP contribution is 2.34. The van der Waals surface area contributed by atoms with Crippen LogP contribution in [0.4, 0.5) is 5.69 Å². The van der Waals surface area contributed by atoms with Crippen molar-refractivity contribution in [3.05, 3.63) is 23.8 Å². The van der Waals surface area contributed by atoms with Gasteiger partial charge >= 0.3 is 0 Å². The second kappa shape index (κ2) is 3.42. The third-order valence-corrected chi connectivity index (χ3v) is 3.05. The first-order valence-corrected chi connectivity index (χ1v) is 5.44. The summed E-state index contributed by atoms with van der Waals surface area (Å²) in [6.07, 6.45) is 1.25. The molecule has 2 atom stereocenters. The summed E-state index contributed by atoms with van der Waals surface area (Å²) in [6, 6.07) is 6.58. The number of anilines is 1. The summed E-state index contributed by atoms with van der Waals surface area (Å²) in [6.45, 7) is 3.64. The van der Waals surface area contributed by atoms with Gasteiger partial charge in [0.05, 0.1) is 24.9 Å². The Kier molecular flexibility index (Phi) is 2.06. The van der Waals surface area contributed by atoms with E-state index in [1.807, 2.05) is 0 Å². The third kappa shape index (κ3) is 1.57. The van der Waals surface area contributed by atoms with E-state index in [4.69, 9.17) is 9.47 Å². The molecule has 15 heavy (non-hydrogen) atoms. The molecular weight excluding hydrogens is 190 g/mol. The Morgan fingerprint density at radius 3 is 3.27 bits per heavy atom. The predicted molar refractivity (Wildman–Crippen MR) is 58.4 cm³/mol. The van der Waals surface area contributed by atoms with E-state index in [1.165, 1.54) is 5.56 Å². The molecule has 2 aliphatic heterocycles. The number of benzene rings is 1. The molecule has 3 rings (SSSR count). The summed E-state index contributed by atoms with van der Waals surface area (Å²) in [7, 11) is 0. The summed E-state index contributed by atoms with van der Waals surface area (Å²) in [5.74, 6) is 0.984. The van der Waals surface area contributed by atoms with Gasteiger partial charge in [0, 0.05) is 6.42 Å². The van der Waals surface area contributed by atoms with E-state index in [-0.39, 0.29) is 6.10 Å². The van der Waals surface area contributed by atoms with E-state index >= 15 is 0 Å². The lowest BCUT2D eigenvalue weighted by Gasteiger charge is -2.37. The number of fused-ring (bicyclic) bond motifs is 2. The zero-order chi connectivity index (χ0) is 10.3. The Balaban J connectivity index is 1.92. The van der Waals surface area contributed by atoms with E-state index in [0.717, 1.165) is 31.1 Å². The van der Waals surface area contributed by atoms with Crippen molar-refractivity contribution in [2.45, 2.75) is 25.5 Å². The van der Waals surface area contributed by atoms with Gasteiger partial charge in [-0.25, -0.2) is 0 Å². The van der Waals surface area contributed by atoms with Crippen molar-refractivity contribution in [1.82, 2.24) is 0 Å². The van der Waals surface area contributed by atoms with Crippen molar-refractivity contribution in [2.75, 3.05) is 18.5 Å². The van der Waals surface area contributed by atoms with Crippen molar-refractivity contribution >= 4 is 5.69 Å². The molecule has 0 aliphatic carbocycles. The number of ether oxygens (including phenoxy) is 2. The predicted octanol–water partition coefficient (Wildman–Crippen LogP) is 1.96. The minimum Gasteiger partial charge on any atom is -0.486 e. The van der Waals surface area contributed by atoms with E-state index in [9.17, 15) is 0 Å². The molecule has 0 radical (unpaired) electrons. The van der Waals surface area contributed by atoms with E-state index in [0.29, 0.717) is 6.04 Å². The van der Waals surface area contributed by atoms with Crippen LogP contribution in [0.1, 0.15) is 12.0 Å². The number of nitrogens with one attached hydrogen (secondary N) is 1. The first-order chi connectivity index (χ1) is 7.33. The molecule has 3 nitrogen and oxygen atoms in total. The van der Waals surface area contributed by atoms with Crippen LogP contribution in [0.25, 0.3) is 0 Å². The maximum atomic E-state index is 5.97. The highest BCUT2D eigenvalue weighted by Gasteiger charge is 2.32. The van der Waals surface area contributed by atoms with Gasteiger partial charge in [-0.2, -0.15) is 0 Å². The Hall–Kier alpha value is -1.22. The summed E-state index contributed by atoms with van der Waals surface area (Å²) in [4.78, 5) is 0. The Morgan fingerprint density at radius 1 is 1.40 bits per heavy atom. The molecule has 0 saturated carbocycles. The lowest BCUT2D eigenvalue weighted by atomic mass is 10.0. The van der Waals surface area contributed by atoms with Crippen LogP contribution in [0.3, 0.4) is 0 Å². The normalized spacial score (nSPS) is 28.3. The van der Waals surface area contributed by atoms with Crippen molar-refractivity contribution in [1.29, 1.82) is 0 Å². The molecule has 0 aromatic heterocycles. The smallest absolute Gasteiger partial charge is 0.143 e. The van der Waals surface area contributed by atoms with Gasteiger partial charge in [-0.3, -0.25) is 0 Å². The molecule has 0 bridgehead atoms. The SMILES string of the molecule is Cc1ccc2c(c1)OC1CCOCC1N2. The van der Waals surface area contributed by atoms with E-state index in [2.05, 4.69) is 30.4 Å². The summed E-state index contributed by atoms with van der Waals surface area (Å²) >= 11 is 0. The maximum Gasteiger partial charge on any atom is 0.143 e. The molecule has 1 fully saturated rings. The largest absolute Gasteiger partial charge is 0.486 e. The van der Waals surface area contributed by atoms with Crippen molar-refractivity contribution in [3.8, 4) is 5.75 Å². The van der Waals surface area contributed by atoms with Gasteiger partial charge in [-0.15, -0.1) is 0 Å². The monoisotopic (exact) mass is 205 g/mol. The van der Waals surface area contributed by atoms with Crippen molar-refractivity contribution in [3.63, 3.8) is 0 Å². The van der Waals surface area contributed by atoms with Gasteiger partial charge in [0.25, 0.3) is 0 Å². The zero-order valence-electron chi connectivity index (χ0n) is 8.82. The average Bonchev–Trinajstić information content (AvgIpc) is 2.26. The molecule has 2 heterocycles. The number of hydrogen-bond acceptors (Lipinski definition) is 3. The molecular formula is C12H15NO2. The van der Waals surface area contributed by atoms with Crippen molar-refractivity contribution in [2.24, 2.45) is 0 Å². The minimum atomic E-state index is 0.271. The first kappa shape index (κ1) is 9.04. The van der Waals surface area contributed by atoms with Crippen LogP contribution in [0.15, 0.2) is 18.2 Å². The quantitative estimate of drug-likeness (QED) is 0.702. The molecule has 1 saturated heterocycles. The van der Waals surface area contributed by atoms with Crippen LogP contribution in [0.2, 0.25) is 0 Å². The molecule has 2 unspecified atom stereocenters. The lowest BCUT2D eigenvalue weighted by Crippen LogP contribution is -2.48. The second-order valence-corrected chi connectivity index (χ2v) is 4.27. The van der Waals surface area contributed by atoms with Gasteiger partial charge in [0.1, 0.15) is 11.9 Å². The molecule has 1 N–H and O–H groups in total. The number of hydrogen-bond donors (Lipinski definition) is 1. The molecule has 80 valence electrons. The van der Waals surface area contributed by atoms with Crippen LogP contribution in [-0.2, 0) is 4.74 Å². The van der Waals surface area contributed by atoms with Crippen LogP contribution in [0.5, 0.6) is 5.75 Å². The van der Waals surface area contributed by atoms with Gasteiger partial charge in [0.15, 0.2) is 0 Å². The molecule has 1 aromatic carbocycles. The van der Waals surface area contributed by atoms with Crippen LogP contribution >= 0.6 is 0 Å². The fourth-order valence-corrected chi connectivity index (χ4v) is 2.20. The zero-order valence-corrected chi connectivity index (χ0v) is 8.82.